The molecule has 0 fully saturated rings. The van der Waals surface area contributed by atoms with Crippen LogP contribution in [0.3, 0.4) is 0 Å². The lowest BCUT2D eigenvalue weighted by atomic mass is 9.83. The van der Waals surface area contributed by atoms with Crippen LogP contribution in [-0.4, -0.2) is 24.5 Å². The minimum absolute atomic E-state index is 0.0972. The van der Waals surface area contributed by atoms with Crippen LogP contribution < -0.4 is 10.6 Å². The standard InChI is InChI=1S/C21H23N3O/c1-22-13-14-6-7-16-11-18(9-8-15(16)10-14)23-21(25)20-12-17-4-2-3-5-19(17)24-20/h2-5,8-9,11-12,14,22,24H,6-7,10,13H2,1H3,(H,23,25). The molecule has 2 aromatic carbocycles. The molecule has 1 heterocycles. The van der Waals surface area contributed by atoms with E-state index in [-0.39, 0.29) is 5.91 Å². The molecule has 1 aliphatic carbocycles. The minimum Gasteiger partial charge on any atom is -0.351 e. The highest BCUT2D eigenvalue weighted by molar-refractivity contribution is 6.05. The Hall–Kier alpha value is -2.59. The first-order chi connectivity index (χ1) is 12.2. The van der Waals surface area contributed by atoms with Gasteiger partial charge in [0.2, 0.25) is 0 Å². The van der Waals surface area contributed by atoms with E-state index in [4.69, 9.17) is 0 Å². The highest BCUT2D eigenvalue weighted by Crippen LogP contribution is 2.28. The van der Waals surface area contributed by atoms with Crippen LogP contribution in [0.4, 0.5) is 5.69 Å². The predicted molar refractivity (Wildman–Crippen MR) is 102 cm³/mol. The Labute approximate surface area is 147 Å². The zero-order valence-corrected chi connectivity index (χ0v) is 14.4. The highest BCUT2D eigenvalue weighted by atomic mass is 16.1. The summed E-state index contributed by atoms with van der Waals surface area (Å²) in [7, 11) is 2.01. The average molecular weight is 333 g/mol. The molecule has 0 saturated heterocycles. The molecule has 1 unspecified atom stereocenters. The molecule has 3 N–H and O–H groups in total. The molecule has 1 amide bonds. The summed E-state index contributed by atoms with van der Waals surface area (Å²) in [6.45, 7) is 1.07. The monoisotopic (exact) mass is 333 g/mol. The van der Waals surface area contributed by atoms with E-state index in [0.717, 1.165) is 36.0 Å². The number of amides is 1. The summed E-state index contributed by atoms with van der Waals surface area (Å²) in [5.41, 5.74) is 5.22. The van der Waals surface area contributed by atoms with E-state index in [1.54, 1.807) is 0 Å². The number of nitrogens with one attached hydrogen (secondary N) is 3. The number of H-pyrrole nitrogens is 1. The van der Waals surface area contributed by atoms with Gasteiger partial charge in [0.15, 0.2) is 0 Å². The first kappa shape index (κ1) is 15.9. The predicted octanol–water partition coefficient (Wildman–Crippen LogP) is 3.74. The van der Waals surface area contributed by atoms with E-state index in [1.807, 2.05) is 43.4 Å². The van der Waals surface area contributed by atoms with Crippen molar-refractivity contribution in [1.29, 1.82) is 0 Å². The molecule has 1 aromatic heterocycles. The number of carbonyl (C=O) groups excluding carboxylic acids is 1. The molecule has 25 heavy (non-hydrogen) atoms. The van der Waals surface area contributed by atoms with Crippen LogP contribution in [0.2, 0.25) is 0 Å². The fourth-order valence-corrected chi connectivity index (χ4v) is 3.77. The molecule has 0 spiro atoms. The van der Waals surface area contributed by atoms with Crippen molar-refractivity contribution in [2.45, 2.75) is 19.3 Å². The van der Waals surface area contributed by atoms with Crippen molar-refractivity contribution < 1.29 is 4.79 Å². The molecule has 4 nitrogen and oxygen atoms in total. The van der Waals surface area contributed by atoms with Gasteiger partial charge in [-0.25, -0.2) is 0 Å². The third-order valence-corrected chi connectivity index (χ3v) is 5.06. The van der Waals surface area contributed by atoms with Gasteiger partial charge in [-0.15, -0.1) is 0 Å². The van der Waals surface area contributed by atoms with Gasteiger partial charge in [-0.3, -0.25) is 4.79 Å². The fraction of sp³-hybridized carbons (Fsp3) is 0.286. The number of carbonyl (C=O) groups is 1. The fourth-order valence-electron chi connectivity index (χ4n) is 3.77. The van der Waals surface area contributed by atoms with Crippen molar-refractivity contribution in [2.75, 3.05) is 18.9 Å². The highest BCUT2D eigenvalue weighted by Gasteiger charge is 2.19. The van der Waals surface area contributed by atoms with E-state index < -0.39 is 0 Å². The first-order valence-corrected chi connectivity index (χ1v) is 8.88. The molecular formula is C21H23N3O. The van der Waals surface area contributed by atoms with Crippen LogP contribution in [0.1, 0.15) is 28.0 Å². The van der Waals surface area contributed by atoms with Crippen molar-refractivity contribution in [1.82, 2.24) is 10.3 Å². The Kier molecular flexibility index (Phi) is 4.28. The zero-order chi connectivity index (χ0) is 17.2. The Morgan fingerprint density at radius 1 is 1.16 bits per heavy atom. The second-order valence-electron chi connectivity index (χ2n) is 6.87. The van der Waals surface area contributed by atoms with Gasteiger partial charge >= 0.3 is 0 Å². The van der Waals surface area contributed by atoms with E-state index in [2.05, 4.69) is 27.8 Å². The quantitative estimate of drug-likeness (QED) is 0.681. The van der Waals surface area contributed by atoms with Crippen LogP contribution in [0.15, 0.2) is 48.5 Å². The number of hydrogen-bond donors (Lipinski definition) is 3. The molecule has 128 valence electrons. The summed E-state index contributed by atoms with van der Waals surface area (Å²) in [6.07, 6.45) is 3.40. The number of hydrogen-bond acceptors (Lipinski definition) is 2. The van der Waals surface area contributed by atoms with Crippen LogP contribution in [0.25, 0.3) is 10.9 Å². The SMILES string of the molecule is CNCC1CCc2cc(NC(=O)c3cc4ccccc4[nH]3)ccc2C1. The number of benzene rings is 2. The Morgan fingerprint density at radius 3 is 2.88 bits per heavy atom. The Bertz CT molecular complexity index is 879. The minimum atomic E-state index is -0.0972. The van der Waals surface area contributed by atoms with Gasteiger partial charge in [0.05, 0.1) is 0 Å². The summed E-state index contributed by atoms with van der Waals surface area (Å²) >= 11 is 0. The maximum atomic E-state index is 12.5. The van der Waals surface area contributed by atoms with Gasteiger partial charge in [0.25, 0.3) is 5.91 Å². The van der Waals surface area contributed by atoms with Gasteiger partial charge in [0, 0.05) is 16.6 Å². The normalized spacial score (nSPS) is 16.6. The second kappa shape index (κ2) is 6.73. The number of aromatic amines is 1. The molecular weight excluding hydrogens is 310 g/mol. The maximum Gasteiger partial charge on any atom is 0.272 e. The van der Waals surface area contributed by atoms with Gasteiger partial charge in [0.1, 0.15) is 5.69 Å². The van der Waals surface area contributed by atoms with Crippen molar-refractivity contribution in [3.8, 4) is 0 Å². The van der Waals surface area contributed by atoms with E-state index in [9.17, 15) is 4.79 Å². The van der Waals surface area contributed by atoms with Crippen molar-refractivity contribution in [3.63, 3.8) is 0 Å². The number of aryl methyl sites for hydroxylation is 1. The zero-order valence-electron chi connectivity index (χ0n) is 14.4. The summed E-state index contributed by atoms with van der Waals surface area (Å²) < 4.78 is 0. The van der Waals surface area contributed by atoms with Crippen molar-refractivity contribution in [2.24, 2.45) is 5.92 Å². The van der Waals surface area contributed by atoms with Crippen LogP contribution in [-0.2, 0) is 12.8 Å². The average Bonchev–Trinajstić information content (AvgIpc) is 3.06. The van der Waals surface area contributed by atoms with Gasteiger partial charge in [-0.05, 0) is 74.2 Å². The molecule has 0 radical (unpaired) electrons. The first-order valence-electron chi connectivity index (χ1n) is 8.88. The van der Waals surface area contributed by atoms with Crippen LogP contribution >= 0.6 is 0 Å². The van der Waals surface area contributed by atoms with Crippen LogP contribution in [0, 0.1) is 5.92 Å². The van der Waals surface area contributed by atoms with Crippen molar-refractivity contribution >= 4 is 22.5 Å². The summed E-state index contributed by atoms with van der Waals surface area (Å²) in [4.78, 5) is 15.7. The van der Waals surface area contributed by atoms with E-state index in [0.29, 0.717) is 11.6 Å². The van der Waals surface area contributed by atoms with E-state index in [1.165, 1.54) is 17.5 Å². The number of anilines is 1. The third-order valence-electron chi connectivity index (χ3n) is 5.06. The van der Waals surface area contributed by atoms with Crippen LogP contribution in [0.5, 0.6) is 0 Å². The van der Waals surface area contributed by atoms with Gasteiger partial charge in [-0.1, -0.05) is 24.3 Å². The number of para-hydroxylation sites is 1. The molecule has 4 heteroatoms. The smallest absolute Gasteiger partial charge is 0.272 e. The Balaban J connectivity index is 1.50. The number of rotatable bonds is 4. The largest absolute Gasteiger partial charge is 0.351 e. The third kappa shape index (κ3) is 3.30. The molecule has 3 aromatic rings. The summed E-state index contributed by atoms with van der Waals surface area (Å²) in [5.74, 6) is 0.615. The lowest BCUT2D eigenvalue weighted by Gasteiger charge is -2.25. The summed E-state index contributed by atoms with van der Waals surface area (Å²) in [5, 5.41) is 7.35. The lowest BCUT2D eigenvalue weighted by Crippen LogP contribution is -2.24. The van der Waals surface area contributed by atoms with Gasteiger partial charge < -0.3 is 15.6 Å². The molecule has 0 saturated carbocycles. The number of fused-ring (bicyclic) bond motifs is 2. The molecule has 1 atom stereocenters. The van der Waals surface area contributed by atoms with Gasteiger partial charge in [-0.2, -0.15) is 0 Å². The second-order valence-corrected chi connectivity index (χ2v) is 6.87. The lowest BCUT2D eigenvalue weighted by molar-refractivity contribution is 0.102. The maximum absolute atomic E-state index is 12.5. The topological polar surface area (TPSA) is 56.9 Å². The molecule has 1 aliphatic rings. The van der Waals surface area contributed by atoms with Crippen molar-refractivity contribution in [3.05, 3.63) is 65.4 Å². The Morgan fingerprint density at radius 2 is 2.04 bits per heavy atom. The molecule has 0 bridgehead atoms. The molecule has 4 rings (SSSR count). The summed E-state index contributed by atoms with van der Waals surface area (Å²) in [6, 6.07) is 16.1. The van der Waals surface area contributed by atoms with E-state index >= 15 is 0 Å². The number of aromatic nitrogens is 1. The molecule has 0 aliphatic heterocycles.